The maximum absolute atomic E-state index is 14.0. The number of rotatable bonds is 9. The van der Waals surface area contributed by atoms with Crippen LogP contribution in [0.5, 0.6) is 0 Å². The molecule has 1 aliphatic carbocycles. The Morgan fingerprint density at radius 2 is 1.89 bits per heavy atom. The number of aromatic nitrogens is 1. The van der Waals surface area contributed by atoms with Gasteiger partial charge in [0.05, 0.1) is 34.1 Å². The lowest BCUT2D eigenvalue weighted by molar-refractivity contribution is -0.195. The third kappa shape index (κ3) is 6.15. The Bertz CT molecular complexity index is 1780. The van der Waals surface area contributed by atoms with Gasteiger partial charge < -0.3 is 16.1 Å². The fraction of sp³-hybridized carbons (Fsp3) is 0.333. The van der Waals surface area contributed by atoms with E-state index in [1.54, 1.807) is 25.4 Å². The zero-order chi connectivity index (χ0) is 32.6. The third-order valence-corrected chi connectivity index (χ3v) is 7.85. The minimum Gasteiger partial charge on any atom is -0.383 e. The van der Waals surface area contributed by atoms with Gasteiger partial charge in [-0.25, -0.2) is 0 Å². The molecule has 1 saturated carbocycles. The molecule has 9 nitrogen and oxygen atoms in total. The highest BCUT2D eigenvalue weighted by Crippen LogP contribution is 2.53. The van der Waals surface area contributed by atoms with E-state index < -0.39 is 17.8 Å². The second-order valence-corrected chi connectivity index (χ2v) is 12.4. The molecular weight excluding hydrogens is 579 g/mol. The van der Waals surface area contributed by atoms with Crippen molar-refractivity contribution in [3.05, 3.63) is 83.3 Å². The van der Waals surface area contributed by atoms with E-state index in [1.165, 1.54) is 12.4 Å². The summed E-state index contributed by atoms with van der Waals surface area (Å²) in [6.45, 7) is 11.1. The molecule has 5 rings (SSSR count). The molecule has 1 fully saturated rings. The Morgan fingerprint density at radius 1 is 1.18 bits per heavy atom. The standard InChI is InChI=1S/C33H34F3N9/c1-20(25-9-7-6-8-21(25)16-39-5)28(27-18-45(44-43-27)32(10-11-32)33(34,35)36)42-24-12-22(14-37)29-26(13-24)30(23(15-38)17-40-29)41-19-31(2,3)4/h6-9,12-13,16-18,28,42-44H,1,10-11,19H2,2-5H3,(H,40,41)/t28-/m0/s1. The smallest absolute Gasteiger partial charge is 0.383 e. The fourth-order valence-electron chi connectivity index (χ4n) is 5.30. The Balaban J connectivity index is 1.63. The molecule has 0 bridgehead atoms. The van der Waals surface area contributed by atoms with Crippen molar-refractivity contribution in [3.8, 4) is 12.1 Å². The van der Waals surface area contributed by atoms with Crippen LogP contribution < -0.4 is 21.6 Å². The van der Waals surface area contributed by atoms with E-state index in [-0.39, 0.29) is 23.8 Å². The van der Waals surface area contributed by atoms with Crippen molar-refractivity contribution in [3.63, 3.8) is 0 Å². The van der Waals surface area contributed by atoms with Crippen LogP contribution in [0.3, 0.4) is 0 Å². The molecule has 45 heavy (non-hydrogen) atoms. The van der Waals surface area contributed by atoms with Crippen molar-refractivity contribution in [2.75, 3.05) is 24.2 Å². The second kappa shape index (κ2) is 11.8. The van der Waals surface area contributed by atoms with E-state index in [0.29, 0.717) is 45.7 Å². The number of hydrogen-bond donors (Lipinski definition) is 4. The van der Waals surface area contributed by atoms with E-state index in [4.69, 9.17) is 0 Å². The Labute approximate surface area is 260 Å². The summed E-state index contributed by atoms with van der Waals surface area (Å²) in [7, 11) is 1.65. The van der Waals surface area contributed by atoms with Crippen LogP contribution in [-0.4, -0.2) is 47.6 Å². The molecule has 0 saturated heterocycles. The molecule has 1 aromatic heterocycles. The van der Waals surface area contributed by atoms with Gasteiger partial charge in [-0.05, 0) is 47.1 Å². The highest BCUT2D eigenvalue weighted by Gasteiger charge is 2.67. The lowest BCUT2D eigenvalue weighted by atomic mass is 9.93. The summed E-state index contributed by atoms with van der Waals surface area (Å²) in [4.78, 5) is 8.56. The van der Waals surface area contributed by atoms with Crippen LogP contribution in [0.25, 0.3) is 16.5 Å². The lowest BCUT2D eigenvalue weighted by Crippen LogP contribution is -2.52. The van der Waals surface area contributed by atoms with Crippen molar-refractivity contribution in [2.24, 2.45) is 10.4 Å². The topological polar surface area (TPSA) is 124 Å². The third-order valence-electron chi connectivity index (χ3n) is 7.85. The van der Waals surface area contributed by atoms with Crippen molar-refractivity contribution in [2.45, 2.75) is 51.4 Å². The van der Waals surface area contributed by atoms with Gasteiger partial charge in [0.15, 0.2) is 5.54 Å². The number of hydrogen-bond acceptors (Lipinski definition) is 9. The van der Waals surface area contributed by atoms with Crippen LogP contribution >= 0.6 is 0 Å². The van der Waals surface area contributed by atoms with Crippen LogP contribution in [0.2, 0.25) is 0 Å². The van der Waals surface area contributed by atoms with Gasteiger partial charge >= 0.3 is 6.18 Å². The first-order valence-electron chi connectivity index (χ1n) is 14.4. The van der Waals surface area contributed by atoms with E-state index in [2.05, 4.69) is 71.1 Å². The summed E-state index contributed by atoms with van der Waals surface area (Å²) in [6.07, 6.45) is 0.0577. The summed E-state index contributed by atoms with van der Waals surface area (Å²) in [5.41, 5.74) is 8.02. The lowest BCUT2D eigenvalue weighted by Gasteiger charge is -2.28. The summed E-state index contributed by atoms with van der Waals surface area (Å²) in [5, 5.41) is 28.4. The Kier molecular flexibility index (Phi) is 8.21. The molecule has 0 radical (unpaired) electrons. The van der Waals surface area contributed by atoms with Gasteiger partial charge in [-0.2, -0.15) is 23.7 Å². The van der Waals surface area contributed by atoms with Crippen LogP contribution in [0.1, 0.15) is 55.9 Å². The number of halogens is 3. The van der Waals surface area contributed by atoms with Gasteiger partial charge in [0.2, 0.25) is 0 Å². The van der Waals surface area contributed by atoms with Crippen LogP contribution in [0.15, 0.2) is 66.1 Å². The van der Waals surface area contributed by atoms with Gasteiger partial charge in [-0.3, -0.25) is 15.0 Å². The molecule has 232 valence electrons. The van der Waals surface area contributed by atoms with Crippen LogP contribution in [0, 0.1) is 28.1 Å². The number of hydrazine groups is 2. The number of nitriles is 2. The van der Waals surface area contributed by atoms with Crippen molar-refractivity contribution < 1.29 is 13.2 Å². The minimum absolute atomic E-state index is 0.0292. The van der Waals surface area contributed by atoms with Gasteiger partial charge in [0.1, 0.15) is 12.1 Å². The number of fused-ring (bicyclic) bond motifs is 1. The predicted molar refractivity (Wildman–Crippen MR) is 170 cm³/mol. The minimum atomic E-state index is -4.43. The Hall–Kier alpha value is -5.07. The largest absolute Gasteiger partial charge is 0.413 e. The van der Waals surface area contributed by atoms with Crippen LogP contribution in [0.4, 0.5) is 24.5 Å². The molecule has 1 aliphatic heterocycles. The maximum atomic E-state index is 14.0. The van der Waals surface area contributed by atoms with Gasteiger partial charge in [-0.15, -0.1) is 5.53 Å². The highest BCUT2D eigenvalue weighted by molar-refractivity contribution is 5.99. The van der Waals surface area contributed by atoms with Crippen molar-refractivity contribution in [1.82, 2.24) is 21.0 Å². The van der Waals surface area contributed by atoms with E-state index in [9.17, 15) is 23.7 Å². The van der Waals surface area contributed by atoms with Crippen LogP contribution in [-0.2, 0) is 0 Å². The molecule has 0 spiro atoms. The monoisotopic (exact) mass is 613 g/mol. The molecule has 4 N–H and O–H groups in total. The number of benzene rings is 2. The molecule has 2 aromatic carbocycles. The highest BCUT2D eigenvalue weighted by atomic mass is 19.4. The molecule has 12 heteroatoms. The number of nitrogens with zero attached hydrogens (tertiary/aromatic N) is 5. The van der Waals surface area contributed by atoms with Crippen molar-refractivity contribution >= 4 is 34.1 Å². The van der Waals surface area contributed by atoms with Gasteiger partial charge in [-0.1, -0.05) is 51.6 Å². The number of alkyl halides is 3. The van der Waals surface area contributed by atoms with E-state index in [1.807, 2.05) is 24.3 Å². The summed E-state index contributed by atoms with van der Waals surface area (Å²) >= 11 is 0. The summed E-state index contributed by atoms with van der Waals surface area (Å²) in [5.74, 6) is 0. The first-order valence-corrected chi connectivity index (χ1v) is 14.4. The van der Waals surface area contributed by atoms with E-state index in [0.717, 1.165) is 16.1 Å². The molecule has 2 heterocycles. The first kappa shape index (κ1) is 31.4. The van der Waals surface area contributed by atoms with Crippen molar-refractivity contribution in [1.29, 1.82) is 10.5 Å². The first-order chi connectivity index (χ1) is 21.3. The SMILES string of the molecule is C=C(c1ccccc1C=NC)[C@H](Nc1cc(C#N)c2ncc(C#N)c(NCC(C)(C)C)c2c1)C1=CN(C2(C(F)(F)F)CC2)NN1. The van der Waals surface area contributed by atoms with Gasteiger partial charge in [0, 0.05) is 43.3 Å². The normalized spacial score (nSPS) is 16.5. The fourth-order valence-corrected chi connectivity index (χ4v) is 5.30. The summed E-state index contributed by atoms with van der Waals surface area (Å²) in [6, 6.07) is 14.5. The molecular formula is C33H34F3N9. The summed E-state index contributed by atoms with van der Waals surface area (Å²) < 4.78 is 42.0. The van der Waals surface area contributed by atoms with Gasteiger partial charge in [0.25, 0.3) is 0 Å². The molecule has 3 aromatic rings. The predicted octanol–water partition coefficient (Wildman–Crippen LogP) is 6.24. The number of nitrogens with one attached hydrogen (secondary N) is 4. The average Bonchev–Trinajstić information content (AvgIpc) is 3.69. The zero-order valence-electron chi connectivity index (χ0n) is 25.5. The number of anilines is 2. The Morgan fingerprint density at radius 3 is 2.51 bits per heavy atom. The second-order valence-electron chi connectivity index (χ2n) is 12.4. The molecule has 1 atom stereocenters. The zero-order valence-corrected chi connectivity index (χ0v) is 25.5. The average molecular weight is 614 g/mol. The maximum Gasteiger partial charge on any atom is 0.413 e. The van der Waals surface area contributed by atoms with E-state index >= 15 is 0 Å². The number of pyridine rings is 1. The molecule has 0 amide bonds. The quantitative estimate of drug-likeness (QED) is 0.209. The number of aliphatic imine (C=N–C) groups is 1. The molecule has 0 unspecified atom stereocenters. The molecule has 2 aliphatic rings.